The second-order valence-corrected chi connectivity index (χ2v) is 6.05. The molecule has 1 atom stereocenters. The molecule has 2 aliphatic rings. The molecule has 0 spiro atoms. The molecular weight excluding hydrogens is 248 g/mol. The van der Waals surface area contributed by atoms with Crippen molar-refractivity contribution in [2.24, 2.45) is 0 Å². The summed E-state index contributed by atoms with van der Waals surface area (Å²) in [6.45, 7) is 5.29. The molecule has 20 heavy (non-hydrogen) atoms. The highest BCUT2D eigenvalue weighted by Gasteiger charge is 2.24. The number of likely N-dealkylation sites (tertiary alicyclic amines) is 1. The van der Waals surface area contributed by atoms with E-state index in [0.29, 0.717) is 18.4 Å². The number of hydrogen-bond acceptors (Lipinski definition) is 2. The lowest BCUT2D eigenvalue weighted by molar-refractivity contribution is -0.130. The van der Waals surface area contributed by atoms with Crippen molar-refractivity contribution in [3.05, 3.63) is 29.8 Å². The molecule has 1 saturated heterocycles. The van der Waals surface area contributed by atoms with Crippen molar-refractivity contribution < 1.29 is 4.79 Å². The molecule has 0 aliphatic carbocycles. The van der Waals surface area contributed by atoms with Gasteiger partial charge in [0.15, 0.2) is 0 Å². The van der Waals surface area contributed by atoms with Crippen LogP contribution in [0, 0.1) is 0 Å². The Morgan fingerprint density at radius 3 is 2.75 bits per heavy atom. The molecule has 0 aromatic heterocycles. The van der Waals surface area contributed by atoms with E-state index in [1.807, 2.05) is 4.90 Å². The quantitative estimate of drug-likeness (QED) is 0.841. The predicted molar refractivity (Wildman–Crippen MR) is 82.0 cm³/mol. The van der Waals surface area contributed by atoms with Crippen LogP contribution in [0.2, 0.25) is 0 Å². The van der Waals surface area contributed by atoms with E-state index >= 15 is 0 Å². The fourth-order valence-electron chi connectivity index (χ4n) is 3.43. The van der Waals surface area contributed by atoms with Gasteiger partial charge < -0.3 is 9.80 Å². The zero-order valence-corrected chi connectivity index (χ0v) is 12.3. The van der Waals surface area contributed by atoms with E-state index in [1.54, 1.807) is 0 Å². The summed E-state index contributed by atoms with van der Waals surface area (Å²) in [4.78, 5) is 16.6. The average molecular weight is 272 g/mol. The van der Waals surface area contributed by atoms with Crippen LogP contribution in [-0.2, 0) is 11.2 Å². The van der Waals surface area contributed by atoms with E-state index in [9.17, 15) is 4.79 Å². The second kappa shape index (κ2) is 5.86. The molecule has 3 heteroatoms. The molecule has 108 valence electrons. The van der Waals surface area contributed by atoms with Crippen LogP contribution in [0.3, 0.4) is 0 Å². The number of benzene rings is 1. The first-order chi connectivity index (χ1) is 9.75. The van der Waals surface area contributed by atoms with E-state index in [0.717, 1.165) is 32.5 Å². The van der Waals surface area contributed by atoms with Gasteiger partial charge in [-0.25, -0.2) is 0 Å². The molecule has 0 saturated carbocycles. The number of hydrogen-bond donors (Lipinski definition) is 0. The second-order valence-electron chi connectivity index (χ2n) is 6.05. The Labute approximate surface area is 121 Å². The fourth-order valence-corrected chi connectivity index (χ4v) is 3.43. The lowest BCUT2D eigenvalue weighted by Gasteiger charge is -2.28. The summed E-state index contributed by atoms with van der Waals surface area (Å²) < 4.78 is 0. The fraction of sp³-hybridized carbons (Fsp3) is 0.588. The molecule has 1 aromatic rings. The molecule has 0 N–H and O–H groups in total. The number of carbonyl (C=O) groups is 1. The van der Waals surface area contributed by atoms with Gasteiger partial charge in [0.05, 0.1) is 0 Å². The van der Waals surface area contributed by atoms with Gasteiger partial charge in [0, 0.05) is 37.8 Å². The molecule has 2 aliphatic heterocycles. The molecule has 1 amide bonds. The van der Waals surface area contributed by atoms with Crippen molar-refractivity contribution in [1.82, 2.24) is 4.90 Å². The third kappa shape index (κ3) is 2.67. The van der Waals surface area contributed by atoms with Crippen LogP contribution in [0.15, 0.2) is 24.3 Å². The summed E-state index contributed by atoms with van der Waals surface area (Å²) in [7, 11) is 0. The van der Waals surface area contributed by atoms with Crippen molar-refractivity contribution in [3.63, 3.8) is 0 Å². The van der Waals surface area contributed by atoms with Gasteiger partial charge in [-0.3, -0.25) is 4.79 Å². The Morgan fingerprint density at radius 2 is 1.95 bits per heavy atom. The van der Waals surface area contributed by atoms with Crippen LogP contribution in [0.5, 0.6) is 0 Å². The SMILES string of the molecule is CC(CCC(=O)N1CCCC1)N1CCc2ccccc21. The van der Waals surface area contributed by atoms with Crippen molar-refractivity contribution in [1.29, 1.82) is 0 Å². The molecular formula is C17H24N2O. The maximum Gasteiger partial charge on any atom is 0.222 e. The lowest BCUT2D eigenvalue weighted by Crippen LogP contribution is -2.34. The smallest absolute Gasteiger partial charge is 0.222 e. The third-order valence-corrected chi connectivity index (χ3v) is 4.69. The summed E-state index contributed by atoms with van der Waals surface area (Å²) in [6, 6.07) is 9.10. The largest absolute Gasteiger partial charge is 0.368 e. The molecule has 1 fully saturated rings. The van der Waals surface area contributed by atoms with Crippen LogP contribution in [0.1, 0.15) is 38.2 Å². The van der Waals surface area contributed by atoms with Crippen molar-refractivity contribution in [3.8, 4) is 0 Å². The zero-order valence-electron chi connectivity index (χ0n) is 12.3. The molecule has 2 heterocycles. The Kier molecular flexibility index (Phi) is 3.95. The van der Waals surface area contributed by atoms with Gasteiger partial charge in [-0.15, -0.1) is 0 Å². The van der Waals surface area contributed by atoms with Gasteiger partial charge >= 0.3 is 0 Å². The first-order valence-corrected chi connectivity index (χ1v) is 7.88. The monoisotopic (exact) mass is 272 g/mol. The van der Waals surface area contributed by atoms with Crippen molar-refractivity contribution in [2.75, 3.05) is 24.5 Å². The van der Waals surface area contributed by atoms with Crippen LogP contribution < -0.4 is 4.90 Å². The van der Waals surface area contributed by atoms with Gasteiger partial charge in [-0.05, 0) is 44.2 Å². The van der Waals surface area contributed by atoms with Crippen LogP contribution in [-0.4, -0.2) is 36.5 Å². The number of rotatable bonds is 4. The van der Waals surface area contributed by atoms with Crippen molar-refractivity contribution in [2.45, 2.75) is 45.1 Å². The summed E-state index contributed by atoms with van der Waals surface area (Å²) in [5.41, 5.74) is 2.82. The van der Waals surface area contributed by atoms with Gasteiger partial charge in [-0.1, -0.05) is 18.2 Å². The molecule has 0 radical (unpaired) electrons. The standard InChI is InChI=1S/C17H24N2O/c1-14(8-9-17(20)18-11-4-5-12-18)19-13-10-15-6-2-3-7-16(15)19/h2-3,6-7,14H,4-5,8-13H2,1H3. The van der Waals surface area contributed by atoms with Crippen LogP contribution >= 0.6 is 0 Å². The molecule has 3 rings (SSSR count). The van der Waals surface area contributed by atoms with Crippen molar-refractivity contribution >= 4 is 11.6 Å². The molecule has 1 aromatic carbocycles. The maximum atomic E-state index is 12.1. The Bertz CT molecular complexity index is 480. The summed E-state index contributed by atoms with van der Waals surface area (Å²) in [6.07, 6.45) is 5.16. The minimum absolute atomic E-state index is 0.349. The number of amides is 1. The lowest BCUT2D eigenvalue weighted by atomic mass is 10.1. The normalized spacial score (nSPS) is 19.2. The summed E-state index contributed by atoms with van der Waals surface area (Å²) in [5.74, 6) is 0.349. The maximum absolute atomic E-state index is 12.1. The van der Waals surface area contributed by atoms with Gasteiger partial charge in [0.2, 0.25) is 5.91 Å². The highest BCUT2D eigenvalue weighted by Crippen LogP contribution is 2.30. The number of anilines is 1. The van der Waals surface area contributed by atoms with Crippen LogP contribution in [0.4, 0.5) is 5.69 Å². The Balaban J connectivity index is 1.55. The van der Waals surface area contributed by atoms with E-state index in [4.69, 9.17) is 0 Å². The number of para-hydroxylation sites is 1. The van der Waals surface area contributed by atoms with E-state index in [-0.39, 0.29) is 0 Å². The Morgan fingerprint density at radius 1 is 1.20 bits per heavy atom. The minimum atomic E-state index is 0.349. The summed E-state index contributed by atoms with van der Waals surface area (Å²) in [5, 5.41) is 0. The zero-order chi connectivity index (χ0) is 13.9. The number of carbonyl (C=O) groups excluding carboxylic acids is 1. The molecule has 3 nitrogen and oxygen atoms in total. The number of fused-ring (bicyclic) bond motifs is 1. The van der Waals surface area contributed by atoms with E-state index in [2.05, 4.69) is 36.1 Å². The van der Waals surface area contributed by atoms with Crippen LogP contribution in [0.25, 0.3) is 0 Å². The predicted octanol–water partition coefficient (Wildman–Crippen LogP) is 2.84. The highest BCUT2D eigenvalue weighted by molar-refractivity contribution is 5.76. The molecule has 1 unspecified atom stereocenters. The van der Waals surface area contributed by atoms with Gasteiger partial charge in [-0.2, -0.15) is 0 Å². The first-order valence-electron chi connectivity index (χ1n) is 7.88. The summed E-state index contributed by atoms with van der Waals surface area (Å²) >= 11 is 0. The third-order valence-electron chi connectivity index (χ3n) is 4.69. The average Bonchev–Trinajstić information content (AvgIpc) is 3.13. The minimum Gasteiger partial charge on any atom is -0.368 e. The Hall–Kier alpha value is -1.51. The highest BCUT2D eigenvalue weighted by atomic mass is 16.2. The number of nitrogens with zero attached hydrogens (tertiary/aromatic N) is 2. The first kappa shape index (κ1) is 13.5. The van der Waals surface area contributed by atoms with E-state index in [1.165, 1.54) is 24.1 Å². The van der Waals surface area contributed by atoms with E-state index < -0.39 is 0 Å². The molecule has 0 bridgehead atoms. The van der Waals surface area contributed by atoms with Gasteiger partial charge in [0.1, 0.15) is 0 Å². The topological polar surface area (TPSA) is 23.6 Å². The van der Waals surface area contributed by atoms with Gasteiger partial charge in [0.25, 0.3) is 0 Å².